The normalized spacial score (nSPS) is 11.5. The number of hydrogen-bond donors (Lipinski definition) is 2. The predicted octanol–water partition coefficient (Wildman–Crippen LogP) is 7.12. The molecule has 5 heteroatoms. The van der Waals surface area contributed by atoms with E-state index in [0.29, 0.717) is 0 Å². The lowest BCUT2D eigenvalue weighted by Crippen LogP contribution is -1.85. The van der Waals surface area contributed by atoms with Gasteiger partial charge in [0.1, 0.15) is 5.69 Å². The average molecular weight is 421 g/mol. The van der Waals surface area contributed by atoms with Gasteiger partial charge in [-0.1, -0.05) is 18.2 Å². The van der Waals surface area contributed by atoms with Gasteiger partial charge in [0.25, 0.3) is 0 Å². The Morgan fingerprint density at radius 2 is 1.77 bits per heavy atom. The Morgan fingerprint density at radius 3 is 2.61 bits per heavy atom. The second-order valence-electron chi connectivity index (χ2n) is 7.88. The maximum absolute atomic E-state index is 4.66. The van der Waals surface area contributed by atoms with Crippen molar-refractivity contribution >= 4 is 33.1 Å². The van der Waals surface area contributed by atoms with E-state index < -0.39 is 0 Å². The molecule has 0 spiro atoms. The fourth-order valence-electron chi connectivity index (χ4n) is 4.23. The van der Waals surface area contributed by atoms with Gasteiger partial charge in [0, 0.05) is 49.6 Å². The summed E-state index contributed by atoms with van der Waals surface area (Å²) < 4.78 is 0. The van der Waals surface area contributed by atoms with E-state index in [1.54, 1.807) is 0 Å². The monoisotopic (exact) mass is 420 g/mol. The van der Waals surface area contributed by atoms with Crippen molar-refractivity contribution in [1.82, 2.24) is 20.2 Å². The van der Waals surface area contributed by atoms with Gasteiger partial charge in [-0.3, -0.25) is 10.1 Å². The number of rotatable bonds is 3. The Labute approximate surface area is 183 Å². The van der Waals surface area contributed by atoms with Crippen molar-refractivity contribution in [3.63, 3.8) is 0 Å². The zero-order valence-electron chi connectivity index (χ0n) is 17.2. The van der Waals surface area contributed by atoms with E-state index in [2.05, 4.69) is 88.6 Å². The summed E-state index contributed by atoms with van der Waals surface area (Å²) in [5.74, 6) is 0. The first-order chi connectivity index (χ1) is 15.2. The second-order valence-corrected chi connectivity index (χ2v) is 9.17. The van der Waals surface area contributed by atoms with Crippen molar-refractivity contribution in [2.45, 2.75) is 13.8 Å². The van der Waals surface area contributed by atoms with Crippen LogP contribution in [-0.2, 0) is 0 Å². The molecule has 0 saturated carbocycles. The van der Waals surface area contributed by atoms with E-state index in [4.69, 9.17) is 0 Å². The Kier molecular flexibility index (Phi) is 4.04. The van der Waals surface area contributed by atoms with E-state index >= 15 is 0 Å². The van der Waals surface area contributed by atoms with Crippen LogP contribution in [0.25, 0.3) is 54.8 Å². The summed E-state index contributed by atoms with van der Waals surface area (Å²) in [5.41, 5.74) is 8.84. The molecule has 6 aromatic rings. The highest BCUT2D eigenvalue weighted by atomic mass is 32.1. The summed E-state index contributed by atoms with van der Waals surface area (Å²) in [6.45, 7) is 4.26. The SMILES string of the molecule is Cc1ccc(-c2cccc3[nH]c(-c4n[nH]c5ccc(-c6cnccc6C)cc45)cc23)s1. The van der Waals surface area contributed by atoms with Crippen LogP contribution >= 0.6 is 11.3 Å². The van der Waals surface area contributed by atoms with Crippen molar-refractivity contribution < 1.29 is 0 Å². The number of thiophene rings is 1. The van der Waals surface area contributed by atoms with Crippen molar-refractivity contribution in [1.29, 1.82) is 0 Å². The Morgan fingerprint density at radius 1 is 0.839 bits per heavy atom. The smallest absolute Gasteiger partial charge is 0.116 e. The molecule has 2 N–H and O–H groups in total. The van der Waals surface area contributed by atoms with Crippen LogP contribution in [0.1, 0.15) is 10.4 Å². The molecule has 0 atom stereocenters. The fourth-order valence-corrected chi connectivity index (χ4v) is 5.14. The van der Waals surface area contributed by atoms with E-state index in [9.17, 15) is 0 Å². The van der Waals surface area contributed by atoms with Crippen molar-refractivity contribution in [3.05, 3.63) is 83.5 Å². The minimum absolute atomic E-state index is 0.933. The molecule has 0 aliphatic carbocycles. The summed E-state index contributed by atoms with van der Waals surface area (Å²) in [5, 5.41) is 10.2. The van der Waals surface area contributed by atoms with Gasteiger partial charge >= 0.3 is 0 Å². The Hall–Kier alpha value is -3.70. The van der Waals surface area contributed by atoms with Crippen LogP contribution in [0.4, 0.5) is 0 Å². The van der Waals surface area contributed by atoms with Crippen LogP contribution in [-0.4, -0.2) is 20.2 Å². The van der Waals surface area contributed by atoms with Crippen LogP contribution in [0.15, 0.2) is 73.1 Å². The zero-order valence-corrected chi connectivity index (χ0v) is 18.0. The molecule has 2 aromatic carbocycles. The van der Waals surface area contributed by atoms with Crippen LogP contribution in [0.2, 0.25) is 0 Å². The van der Waals surface area contributed by atoms with E-state index in [1.807, 2.05) is 29.8 Å². The molecule has 4 nitrogen and oxygen atoms in total. The largest absolute Gasteiger partial charge is 0.353 e. The molecule has 0 aliphatic rings. The minimum atomic E-state index is 0.933. The molecule has 0 aliphatic heterocycles. The molecule has 4 aromatic heterocycles. The number of nitrogens with zero attached hydrogens (tertiary/aromatic N) is 2. The maximum atomic E-state index is 4.66. The van der Waals surface area contributed by atoms with E-state index in [-0.39, 0.29) is 0 Å². The van der Waals surface area contributed by atoms with Gasteiger partial charge in [0.15, 0.2) is 0 Å². The quantitative estimate of drug-likeness (QED) is 0.320. The average Bonchev–Trinajstić information content (AvgIpc) is 3.50. The molecule has 0 saturated heterocycles. The van der Waals surface area contributed by atoms with Gasteiger partial charge in [0.05, 0.1) is 11.2 Å². The molecular formula is C26H20N4S. The number of aromatic amines is 2. The molecule has 4 heterocycles. The summed E-state index contributed by atoms with van der Waals surface area (Å²) in [6.07, 6.45) is 3.76. The van der Waals surface area contributed by atoms with Crippen LogP contribution in [0, 0.1) is 13.8 Å². The van der Waals surface area contributed by atoms with Gasteiger partial charge in [-0.25, -0.2) is 0 Å². The molecule has 0 radical (unpaired) electrons. The number of aryl methyl sites for hydroxylation is 2. The molecular weight excluding hydrogens is 400 g/mol. The first-order valence-electron chi connectivity index (χ1n) is 10.3. The lowest BCUT2D eigenvalue weighted by atomic mass is 10.0. The lowest BCUT2D eigenvalue weighted by Gasteiger charge is -2.05. The number of nitrogens with one attached hydrogen (secondary N) is 2. The molecule has 0 fully saturated rings. The third kappa shape index (κ3) is 2.97. The van der Waals surface area contributed by atoms with Crippen LogP contribution in [0.3, 0.4) is 0 Å². The van der Waals surface area contributed by atoms with Gasteiger partial charge in [-0.2, -0.15) is 5.10 Å². The molecule has 0 amide bonds. The first kappa shape index (κ1) is 18.1. The van der Waals surface area contributed by atoms with Crippen molar-refractivity contribution in [2.75, 3.05) is 0 Å². The molecule has 31 heavy (non-hydrogen) atoms. The molecule has 0 unspecified atom stereocenters. The number of hydrogen-bond acceptors (Lipinski definition) is 3. The topological polar surface area (TPSA) is 57.4 Å². The summed E-state index contributed by atoms with van der Waals surface area (Å²) in [7, 11) is 0. The lowest BCUT2D eigenvalue weighted by molar-refractivity contribution is 1.12. The van der Waals surface area contributed by atoms with Gasteiger partial charge in [-0.15, -0.1) is 11.3 Å². The minimum Gasteiger partial charge on any atom is -0.353 e. The maximum Gasteiger partial charge on any atom is 0.116 e. The molecule has 6 rings (SSSR count). The summed E-state index contributed by atoms with van der Waals surface area (Å²) in [6, 6.07) is 21.5. The Balaban J connectivity index is 1.52. The van der Waals surface area contributed by atoms with Crippen molar-refractivity contribution in [3.8, 4) is 33.0 Å². The van der Waals surface area contributed by atoms with Gasteiger partial charge in [0.2, 0.25) is 0 Å². The molecule has 150 valence electrons. The standard InChI is InChI=1S/C26H20N4S/c1-15-10-11-27-14-21(15)17-7-8-23-20(12-17)26(30-29-23)24-13-19-18(4-3-5-22(19)28-24)25-9-6-16(2)31-25/h3-14,28H,1-2H3,(H,29,30). The third-order valence-electron chi connectivity index (χ3n) is 5.84. The number of pyridine rings is 1. The van der Waals surface area contributed by atoms with E-state index in [0.717, 1.165) is 38.9 Å². The molecule has 0 bridgehead atoms. The van der Waals surface area contributed by atoms with Crippen LogP contribution in [0.5, 0.6) is 0 Å². The fraction of sp³-hybridized carbons (Fsp3) is 0.0769. The van der Waals surface area contributed by atoms with E-state index in [1.165, 1.54) is 26.3 Å². The second kappa shape index (κ2) is 6.93. The van der Waals surface area contributed by atoms with Gasteiger partial charge in [-0.05, 0) is 67.4 Å². The highest BCUT2D eigenvalue weighted by Crippen LogP contribution is 2.37. The van der Waals surface area contributed by atoms with Gasteiger partial charge < -0.3 is 4.98 Å². The predicted molar refractivity (Wildman–Crippen MR) is 129 cm³/mol. The first-order valence-corrected chi connectivity index (χ1v) is 11.1. The Bertz CT molecular complexity index is 1570. The number of benzene rings is 2. The number of aromatic nitrogens is 4. The van der Waals surface area contributed by atoms with Crippen molar-refractivity contribution in [2.24, 2.45) is 0 Å². The third-order valence-corrected chi connectivity index (χ3v) is 6.87. The summed E-state index contributed by atoms with van der Waals surface area (Å²) in [4.78, 5) is 10.5. The highest BCUT2D eigenvalue weighted by molar-refractivity contribution is 7.15. The number of fused-ring (bicyclic) bond motifs is 2. The van der Waals surface area contributed by atoms with Crippen LogP contribution < -0.4 is 0 Å². The highest BCUT2D eigenvalue weighted by Gasteiger charge is 2.15. The zero-order chi connectivity index (χ0) is 20.9. The summed E-state index contributed by atoms with van der Waals surface area (Å²) >= 11 is 1.82. The number of H-pyrrole nitrogens is 2.